The van der Waals surface area contributed by atoms with Crippen LogP contribution in [-0.4, -0.2) is 13.0 Å². The molecule has 0 unspecified atom stereocenters. The van der Waals surface area contributed by atoms with E-state index >= 15 is 0 Å². The number of rotatable bonds is 1. The van der Waals surface area contributed by atoms with Gasteiger partial charge in [-0.15, -0.1) is 0 Å². The fourth-order valence-electron chi connectivity index (χ4n) is 2.23. The van der Waals surface area contributed by atoms with E-state index in [2.05, 4.69) is 5.32 Å². The summed E-state index contributed by atoms with van der Waals surface area (Å²) in [6.45, 7) is 0. The van der Waals surface area contributed by atoms with E-state index in [-0.39, 0.29) is 11.9 Å². The van der Waals surface area contributed by atoms with Gasteiger partial charge in [0.25, 0.3) is 5.91 Å². The Balaban J connectivity index is 2.49. The van der Waals surface area contributed by atoms with Crippen molar-refractivity contribution in [2.75, 3.05) is 7.05 Å². The fraction of sp³-hybridized carbons (Fsp3) is 0.417. The van der Waals surface area contributed by atoms with Crippen LogP contribution in [0.2, 0.25) is 0 Å². The molecule has 2 rings (SSSR count). The Labute approximate surface area is 89.7 Å². The summed E-state index contributed by atoms with van der Waals surface area (Å²) >= 11 is 0. The van der Waals surface area contributed by atoms with Crippen molar-refractivity contribution in [3.8, 4) is 0 Å². The molecule has 3 heteroatoms. The molecular formula is C12H16N2O. The lowest BCUT2D eigenvalue weighted by molar-refractivity contribution is 0.0962. The Morgan fingerprint density at radius 1 is 1.53 bits per heavy atom. The van der Waals surface area contributed by atoms with Crippen LogP contribution in [0.15, 0.2) is 18.2 Å². The Hall–Kier alpha value is -1.35. The van der Waals surface area contributed by atoms with Gasteiger partial charge < -0.3 is 11.1 Å². The molecule has 1 amide bonds. The third kappa shape index (κ3) is 1.75. The van der Waals surface area contributed by atoms with Crippen LogP contribution >= 0.6 is 0 Å². The zero-order chi connectivity index (χ0) is 10.8. The van der Waals surface area contributed by atoms with Crippen molar-refractivity contribution < 1.29 is 4.79 Å². The first-order valence-electron chi connectivity index (χ1n) is 5.33. The lowest BCUT2D eigenvalue weighted by Crippen LogP contribution is -2.24. The van der Waals surface area contributed by atoms with Crippen molar-refractivity contribution in [3.05, 3.63) is 34.9 Å². The number of hydrogen-bond donors (Lipinski definition) is 2. The van der Waals surface area contributed by atoms with Gasteiger partial charge in [-0.05, 0) is 36.5 Å². The molecule has 0 aliphatic heterocycles. The number of hydrogen-bond acceptors (Lipinski definition) is 2. The van der Waals surface area contributed by atoms with E-state index in [9.17, 15) is 4.79 Å². The van der Waals surface area contributed by atoms with Gasteiger partial charge in [-0.2, -0.15) is 0 Å². The highest BCUT2D eigenvalue weighted by Gasteiger charge is 2.21. The van der Waals surface area contributed by atoms with Crippen LogP contribution < -0.4 is 11.1 Å². The van der Waals surface area contributed by atoms with E-state index < -0.39 is 0 Å². The van der Waals surface area contributed by atoms with Crippen molar-refractivity contribution in [1.82, 2.24) is 5.32 Å². The normalized spacial score (nSPS) is 19.5. The van der Waals surface area contributed by atoms with Crippen LogP contribution in [0.4, 0.5) is 0 Å². The highest BCUT2D eigenvalue weighted by atomic mass is 16.1. The van der Waals surface area contributed by atoms with Gasteiger partial charge in [0, 0.05) is 18.7 Å². The fourth-order valence-corrected chi connectivity index (χ4v) is 2.23. The molecule has 1 aliphatic rings. The molecule has 0 bridgehead atoms. The molecule has 1 aromatic carbocycles. The van der Waals surface area contributed by atoms with Crippen molar-refractivity contribution in [1.29, 1.82) is 0 Å². The summed E-state index contributed by atoms with van der Waals surface area (Å²) in [5, 5.41) is 2.67. The third-order valence-electron chi connectivity index (χ3n) is 3.03. The topological polar surface area (TPSA) is 55.1 Å². The summed E-state index contributed by atoms with van der Waals surface area (Å²) in [6.07, 6.45) is 3.05. The number of nitrogens with one attached hydrogen (secondary N) is 1. The first-order valence-corrected chi connectivity index (χ1v) is 5.33. The summed E-state index contributed by atoms with van der Waals surface area (Å²) in [7, 11) is 1.66. The summed E-state index contributed by atoms with van der Waals surface area (Å²) < 4.78 is 0. The van der Waals surface area contributed by atoms with E-state index in [0.29, 0.717) is 0 Å². The van der Waals surface area contributed by atoms with Crippen LogP contribution in [0.3, 0.4) is 0 Å². The molecule has 0 aromatic heterocycles. The van der Waals surface area contributed by atoms with Gasteiger partial charge in [-0.25, -0.2) is 0 Å². The van der Waals surface area contributed by atoms with Gasteiger partial charge in [0.05, 0.1) is 0 Å². The summed E-state index contributed by atoms with van der Waals surface area (Å²) in [4.78, 5) is 11.6. The molecular weight excluding hydrogens is 188 g/mol. The Bertz CT molecular complexity index is 387. The summed E-state index contributed by atoms with van der Waals surface area (Å²) in [6, 6.07) is 5.91. The van der Waals surface area contributed by atoms with Crippen molar-refractivity contribution in [2.45, 2.75) is 25.3 Å². The molecule has 3 N–H and O–H groups in total. The number of carbonyl (C=O) groups is 1. The van der Waals surface area contributed by atoms with E-state index in [0.717, 1.165) is 36.0 Å². The quantitative estimate of drug-likeness (QED) is 0.726. The maximum absolute atomic E-state index is 11.6. The number of amides is 1. The lowest BCUT2D eigenvalue weighted by Gasteiger charge is -2.23. The van der Waals surface area contributed by atoms with Gasteiger partial charge in [-0.1, -0.05) is 12.1 Å². The number of benzene rings is 1. The number of fused-ring (bicyclic) bond motifs is 1. The molecule has 1 aromatic rings. The molecule has 15 heavy (non-hydrogen) atoms. The van der Waals surface area contributed by atoms with Gasteiger partial charge in [0.15, 0.2) is 0 Å². The zero-order valence-corrected chi connectivity index (χ0v) is 8.92. The third-order valence-corrected chi connectivity index (χ3v) is 3.03. The maximum atomic E-state index is 11.6. The predicted octanol–water partition coefficient (Wildman–Crippen LogP) is 1.38. The SMILES string of the molecule is CNC(=O)c1cccc2c1CCC[C@@H]2N. The Kier molecular flexibility index (Phi) is 2.73. The van der Waals surface area contributed by atoms with E-state index in [1.165, 1.54) is 0 Å². The molecule has 3 nitrogen and oxygen atoms in total. The smallest absolute Gasteiger partial charge is 0.251 e. The monoisotopic (exact) mass is 204 g/mol. The Morgan fingerprint density at radius 2 is 2.33 bits per heavy atom. The first-order chi connectivity index (χ1) is 7.24. The van der Waals surface area contributed by atoms with E-state index in [4.69, 9.17) is 5.73 Å². The molecule has 0 radical (unpaired) electrons. The maximum Gasteiger partial charge on any atom is 0.251 e. The highest BCUT2D eigenvalue weighted by Crippen LogP contribution is 2.30. The summed E-state index contributed by atoms with van der Waals surface area (Å²) in [5.41, 5.74) is 9.08. The van der Waals surface area contributed by atoms with E-state index in [1.54, 1.807) is 7.05 Å². The van der Waals surface area contributed by atoms with Crippen molar-refractivity contribution in [3.63, 3.8) is 0 Å². The van der Waals surface area contributed by atoms with Crippen LogP contribution in [0.1, 0.15) is 40.4 Å². The number of carbonyl (C=O) groups excluding carboxylic acids is 1. The van der Waals surface area contributed by atoms with Crippen molar-refractivity contribution >= 4 is 5.91 Å². The zero-order valence-electron chi connectivity index (χ0n) is 8.92. The predicted molar refractivity (Wildman–Crippen MR) is 59.7 cm³/mol. The van der Waals surface area contributed by atoms with Crippen LogP contribution in [0.5, 0.6) is 0 Å². The second kappa shape index (κ2) is 4.03. The largest absolute Gasteiger partial charge is 0.355 e. The molecule has 0 saturated carbocycles. The van der Waals surface area contributed by atoms with Gasteiger partial charge in [0.1, 0.15) is 0 Å². The van der Waals surface area contributed by atoms with Crippen molar-refractivity contribution in [2.24, 2.45) is 5.73 Å². The summed E-state index contributed by atoms with van der Waals surface area (Å²) in [5.74, 6) is -0.0130. The van der Waals surface area contributed by atoms with Crippen LogP contribution in [0, 0.1) is 0 Å². The molecule has 0 saturated heterocycles. The second-order valence-corrected chi connectivity index (χ2v) is 3.95. The molecule has 80 valence electrons. The van der Waals surface area contributed by atoms with Gasteiger partial charge in [0.2, 0.25) is 0 Å². The highest BCUT2D eigenvalue weighted by molar-refractivity contribution is 5.95. The lowest BCUT2D eigenvalue weighted by atomic mass is 9.85. The minimum Gasteiger partial charge on any atom is -0.355 e. The Morgan fingerprint density at radius 3 is 3.07 bits per heavy atom. The minimum absolute atomic E-state index is 0.0130. The standard InChI is InChI=1S/C12H16N2O/c1-14-12(15)10-6-2-5-9-8(10)4-3-7-11(9)13/h2,5-6,11H,3-4,7,13H2,1H3,(H,14,15)/t11-/m0/s1. The molecule has 0 spiro atoms. The van der Waals surface area contributed by atoms with Crippen LogP contribution in [0.25, 0.3) is 0 Å². The minimum atomic E-state index is -0.0130. The van der Waals surface area contributed by atoms with Gasteiger partial charge in [-0.3, -0.25) is 4.79 Å². The molecule has 1 aliphatic carbocycles. The number of nitrogens with two attached hydrogens (primary N) is 1. The molecule has 1 atom stereocenters. The molecule has 0 fully saturated rings. The average molecular weight is 204 g/mol. The average Bonchev–Trinajstić information content (AvgIpc) is 2.28. The first kappa shape index (κ1) is 10.2. The second-order valence-electron chi connectivity index (χ2n) is 3.95. The molecule has 0 heterocycles. The van der Waals surface area contributed by atoms with E-state index in [1.807, 2.05) is 18.2 Å². The van der Waals surface area contributed by atoms with Crippen LogP contribution in [-0.2, 0) is 6.42 Å². The van der Waals surface area contributed by atoms with Gasteiger partial charge >= 0.3 is 0 Å².